The molecule has 1 N–H and O–H groups in total. The Morgan fingerprint density at radius 2 is 1.42 bits per heavy atom. The van der Waals surface area contributed by atoms with E-state index < -0.39 is 0 Å². The monoisotopic (exact) mass is 344 g/mol. The van der Waals surface area contributed by atoms with Crippen LogP contribution in [0.1, 0.15) is 51.7 Å². The van der Waals surface area contributed by atoms with Crippen molar-refractivity contribution in [1.82, 2.24) is 4.98 Å². The highest BCUT2D eigenvalue weighted by Gasteiger charge is 2.11. The van der Waals surface area contributed by atoms with Gasteiger partial charge >= 0.3 is 0 Å². The second-order valence-corrected chi connectivity index (χ2v) is 6.35. The third kappa shape index (κ3) is 4.03. The van der Waals surface area contributed by atoms with Crippen LogP contribution in [0.4, 0.5) is 5.69 Å². The second-order valence-electron chi connectivity index (χ2n) is 6.35. The van der Waals surface area contributed by atoms with Gasteiger partial charge in [-0.25, -0.2) is 0 Å². The van der Waals surface area contributed by atoms with Crippen LogP contribution < -0.4 is 5.32 Å². The number of nitrogens with zero attached hydrogens (tertiary/aromatic N) is 1. The maximum atomic E-state index is 12.4. The van der Waals surface area contributed by atoms with Crippen LogP contribution in [0.5, 0.6) is 0 Å². The summed E-state index contributed by atoms with van der Waals surface area (Å²) in [5, 5.41) is 2.82. The normalized spacial score (nSPS) is 10.6. The minimum absolute atomic E-state index is 0.0639. The maximum Gasteiger partial charge on any atom is 0.255 e. The van der Waals surface area contributed by atoms with Crippen molar-refractivity contribution in [1.29, 1.82) is 0 Å². The number of hydrogen-bond acceptors (Lipinski definition) is 3. The summed E-state index contributed by atoms with van der Waals surface area (Å²) in [6.45, 7) is 4.14. The van der Waals surface area contributed by atoms with Gasteiger partial charge in [0.1, 0.15) is 0 Å². The van der Waals surface area contributed by atoms with E-state index in [1.165, 1.54) is 0 Å². The molecular formula is C22H20N2O2. The molecular weight excluding hydrogens is 324 g/mol. The van der Waals surface area contributed by atoms with Crippen LogP contribution in [-0.4, -0.2) is 16.7 Å². The molecule has 0 radical (unpaired) electrons. The first-order valence-corrected chi connectivity index (χ1v) is 8.51. The number of benzene rings is 2. The first-order valence-electron chi connectivity index (χ1n) is 8.51. The van der Waals surface area contributed by atoms with Gasteiger partial charge in [0.25, 0.3) is 5.91 Å². The number of pyridine rings is 1. The Balaban J connectivity index is 1.70. The largest absolute Gasteiger partial charge is 0.321 e. The van der Waals surface area contributed by atoms with E-state index in [2.05, 4.69) is 24.1 Å². The van der Waals surface area contributed by atoms with Crippen molar-refractivity contribution in [3.8, 4) is 0 Å². The van der Waals surface area contributed by atoms with Gasteiger partial charge in [0.2, 0.25) is 0 Å². The molecule has 26 heavy (non-hydrogen) atoms. The number of nitrogens with one attached hydrogen (secondary N) is 1. The molecule has 4 heteroatoms. The van der Waals surface area contributed by atoms with E-state index in [0.717, 1.165) is 5.69 Å². The minimum Gasteiger partial charge on any atom is -0.321 e. The van der Waals surface area contributed by atoms with E-state index in [1.807, 2.05) is 30.3 Å². The summed E-state index contributed by atoms with van der Waals surface area (Å²) < 4.78 is 0. The zero-order chi connectivity index (χ0) is 18.5. The lowest BCUT2D eigenvalue weighted by molar-refractivity contribution is 0.102. The molecule has 1 amide bonds. The van der Waals surface area contributed by atoms with Gasteiger partial charge in [0.15, 0.2) is 5.78 Å². The van der Waals surface area contributed by atoms with E-state index in [1.54, 1.807) is 42.6 Å². The molecule has 0 saturated carbocycles. The van der Waals surface area contributed by atoms with Crippen molar-refractivity contribution in [2.24, 2.45) is 0 Å². The highest BCUT2D eigenvalue weighted by atomic mass is 16.1. The predicted octanol–water partition coefficient (Wildman–Crippen LogP) is 4.69. The van der Waals surface area contributed by atoms with Gasteiger partial charge in [-0.05, 0) is 30.2 Å². The topological polar surface area (TPSA) is 59.1 Å². The Bertz CT molecular complexity index is 899. The van der Waals surface area contributed by atoms with Crippen molar-refractivity contribution in [3.05, 3.63) is 95.3 Å². The van der Waals surface area contributed by atoms with E-state index in [4.69, 9.17) is 0 Å². The first-order chi connectivity index (χ1) is 12.5. The lowest BCUT2D eigenvalue weighted by Crippen LogP contribution is -2.12. The Morgan fingerprint density at radius 1 is 0.808 bits per heavy atom. The van der Waals surface area contributed by atoms with Gasteiger partial charge in [-0.2, -0.15) is 0 Å². The standard InChI is InChI=1S/C22H20N2O2/c1-15(2)20-13-12-19(14-23-20)24-22(26)18-10-8-17(9-11-18)21(25)16-6-4-3-5-7-16/h3-15H,1-2H3,(H,24,26). The Labute approximate surface area is 152 Å². The molecule has 0 aliphatic heterocycles. The zero-order valence-electron chi connectivity index (χ0n) is 14.8. The van der Waals surface area contributed by atoms with Gasteiger partial charge in [0.05, 0.1) is 11.9 Å². The van der Waals surface area contributed by atoms with Gasteiger partial charge in [-0.3, -0.25) is 14.6 Å². The summed E-state index contributed by atoms with van der Waals surface area (Å²) in [5.74, 6) is 0.0447. The van der Waals surface area contributed by atoms with Crippen LogP contribution >= 0.6 is 0 Å². The minimum atomic E-state index is -0.234. The average molecular weight is 344 g/mol. The molecule has 0 atom stereocenters. The maximum absolute atomic E-state index is 12.4. The van der Waals surface area contributed by atoms with Gasteiger partial charge in [-0.15, -0.1) is 0 Å². The molecule has 0 unspecified atom stereocenters. The third-order valence-electron chi connectivity index (χ3n) is 4.08. The second kappa shape index (κ2) is 7.74. The fourth-order valence-corrected chi connectivity index (χ4v) is 2.55. The van der Waals surface area contributed by atoms with E-state index >= 15 is 0 Å². The molecule has 4 nitrogen and oxygen atoms in total. The lowest BCUT2D eigenvalue weighted by Gasteiger charge is -2.08. The number of hydrogen-bond donors (Lipinski definition) is 1. The van der Waals surface area contributed by atoms with Crippen molar-refractivity contribution >= 4 is 17.4 Å². The molecule has 0 aliphatic rings. The molecule has 2 aromatic carbocycles. The quantitative estimate of drug-likeness (QED) is 0.683. The van der Waals surface area contributed by atoms with Gasteiger partial charge < -0.3 is 5.32 Å². The van der Waals surface area contributed by atoms with E-state index in [-0.39, 0.29) is 11.7 Å². The van der Waals surface area contributed by atoms with Crippen LogP contribution in [0, 0.1) is 0 Å². The highest BCUT2D eigenvalue weighted by Crippen LogP contribution is 2.16. The molecule has 0 spiro atoms. The molecule has 0 aliphatic carbocycles. The average Bonchev–Trinajstić information content (AvgIpc) is 2.68. The molecule has 3 aromatic rings. The SMILES string of the molecule is CC(C)c1ccc(NC(=O)c2ccc(C(=O)c3ccccc3)cc2)cn1. The molecule has 0 saturated heterocycles. The third-order valence-corrected chi connectivity index (χ3v) is 4.08. The van der Waals surface area contributed by atoms with Crippen molar-refractivity contribution in [3.63, 3.8) is 0 Å². The molecule has 130 valence electrons. The van der Waals surface area contributed by atoms with Gasteiger partial charge in [-0.1, -0.05) is 56.3 Å². The first kappa shape index (κ1) is 17.5. The van der Waals surface area contributed by atoms with Crippen LogP contribution in [0.15, 0.2) is 72.9 Å². The van der Waals surface area contributed by atoms with Crippen molar-refractivity contribution in [2.45, 2.75) is 19.8 Å². The van der Waals surface area contributed by atoms with Crippen LogP contribution in [0.3, 0.4) is 0 Å². The number of ketones is 1. The van der Waals surface area contributed by atoms with Crippen LogP contribution in [0.2, 0.25) is 0 Å². The summed E-state index contributed by atoms with van der Waals surface area (Å²) in [5.41, 5.74) is 3.29. The molecule has 1 heterocycles. The zero-order valence-corrected chi connectivity index (χ0v) is 14.8. The number of carbonyl (C=O) groups excluding carboxylic acids is 2. The summed E-state index contributed by atoms with van der Waals surface area (Å²) >= 11 is 0. The highest BCUT2D eigenvalue weighted by molar-refractivity contribution is 6.10. The fraction of sp³-hybridized carbons (Fsp3) is 0.136. The summed E-state index contributed by atoms with van der Waals surface area (Å²) in [6.07, 6.45) is 1.65. The molecule has 1 aromatic heterocycles. The summed E-state index contributed by atoms with van der Waals surface area (Å²) in [6, 6.07) is 19.5. The predicted molar refractivity (Wildman–Crippen MR) is 103 cm³/mol. The Hall–Kier alpha value is -3.27. The van der Waals surface area contributed by atoms with Crippen molar-refractivity contribution < 1.29 is 9.59 Å². The fourth-order valence-electron chi connectivity index (χ4n) is 2.55. The summed E-state index contributed by atoms with van der Waals surface area (Å²) in [4.78, 5) is 29.1. The molecule has 0 fully saturated rings. The molecule has 0 bridgehead atoms. The summed E-state index contributed by atoms with van der Waals surface area (Å²) in [7, 11) is 0. The Morgan fingerprint density at radius 3 is 2.00 bits per heavy atom. The number of rotatable bonds is 5. The number of amides is 1. The van der Waals surface area contributed by atoms with Crippen LogP contribution in [0.25, 0.3) is 0 Å². The number of carbonyl (C=O) groups is 2. The van der Waals surface area contributed by atoms with Crippen molar-refractivity contribution in [2.75, 3.05) is 5.32 Å². The molecule has 3 rings (SSSR count). The van der Waals surface area contributed by atoms with E-state index in [0.29, 0.717) is 28.3 Å². The number of anilines is 1. The number of aromatic nitrogens is 1. The van der Waals surface area contributed by atoms with Crippen LogP contribution in [-0.2, 0) is 0 Å². The Kier molecular flexibility index (Phi) is 5.23. The van der Waals surface area contributed by atoms with Gasteiger partial charge in [0, 0.05) is 22.4 Å². The van der Waals surface area contributed by atoms with E-state index in [9.17, 15) is 9.59 Å². The lowest BCUT2D eigenvalue weighted by atomic mass is 10.0. The smallest absolute Gasteiger partial charge is 0.255 e.